The largest absolute Gasteiger partial charge is 0.494 e. The predicted octanol–water partition coefficient (Wildman–Crippen LogP) is 2.52. The number of methoxy groups -OCH3 is 1. The molecule has 0 bridgehead atoms. The average Bonchev–Trinajstić information content (AvgIpc) is 2.78. The van der Waals surface area contributed by atoms with Crippen LogP contribution in [-0.4, -0.2) is 28.9 Å². The Hall–Kier alpha value is -1.60. The van der Waals surface area contributed by atoms with Gasteiger partial charge in [0.15, 0.2) is 10.2 Å². The van der Waals surface area contributed by atoms with E-state index < -0.39 is 0 Å². The molecule has 100 valence electrons. The molecule has 0 saturated carbocycles. The number of nitrogens with one attached hydrogen (secondary N) is 1. The number of amides is 1. The Morgan fingerprint density at radius 1 is 1.47 bits per heavy atom. The average molecular weight is 296 g/mol. The minimum absolute atomic E-state index is 0.0823. The third-order valence-electron chi connectivity index (χ3n) is 2.25. The molecular formula is C12H12N2O3S2. The van der Waals surface area contributed by atoms with Gasteiger partial charge in [-0.25, -0.2) is 4.98 Å². The fourth-order valence-electron chi connectivity index (χ4n) is 1.46. The molecule has 5 nitrogen and oxygen atoms in total. The highest BCUT2D eigenvalue weighted by molar-refractivity contribution is 8.14. The smallest absolute Gasteiger partial charge is 0.236 e. The van der Waals surface area contributed by atoms with E-state index in [-0.39, 0.29) is 16.8 Å². The maximum absolute atomic E-state index is 11.6. The van der Waals surface area contributed by atoms with Crippen molar-refractivity contribution in [1.29, 1.82) is 0 Å². The number of hydrogen-bond acceptors (Lipinski definition) is 6. The van der Waals surface area contributed by atoms with Gasteiger partial charge in [0.25, 0.3) is 0 Å². The van der Waals surface area contributed by atoms with E-state index in [9.17, 15) is 9.59 Å². The normalized spacial score (nSPS) is 10.4. The number of carbonyl (C=O) groups is 2. The summed E-state index contributed by atoms with van der Waals surface area (Å²) in [5, 5.41) is 3.10. The summed E-state index contributed by atoms with van der Waals surface area (Å²) in [6.45, 7) is 1.43. The Morgan fingerprint density at radius 3 is 2.95 bits per heavy atom. The summed E-state index contributed by atoms with van der Waals surface area (Å²) in [6.07, 6.45) is 0. The van der Waals surface area contributed by atoms with Crippen LogP contribution in [0.15, 0.2) is 18.2 Å². The van der Waals surface area contributed by atoms with Gasteiger partial charge in [-0.05, 0) is 12.1 Å². The molecule has 0 fully saturated rings. The first-order valence-electron chi connectivity index (χ1n) is 5.47. The number of fused-ring (bicyclic) bond motifs is 1. The molecular weight excluding hydrogens is 284 g/mol. The van der Waals surface area contributed by atoms with Gasteiger partial charge in [0.05, 0.1) is 17.6 Å². The highest BCUT2D eigenvalue weighted by atomic mass is 32.2. The fraction of sp³-hybridized carbons (Fsp3) is 0.250. The van der Waals surface area contributed by atoms with Crippen LogP contribution in [-0.2, 0) is 9.59 Å². The number of hydrogen-bond donors (Lipinski definition) is 1. The lowest BCUT2D eigenvalue weighted by atomic mass is 10.3. The monoisotopic (exact) mass is 296 g/mol. The second-order valence-electron chi connectivity index (χ2n) is 3.65. The van der Waals surface area contributed by atoms with Crippen molar-refractivity contribution < 1.29 is 14.3 Å². The first-order valence-corrected chi connectivity index (χ1v) is 7.27. The molecule has 1 heterocycles. The minimum Gasteiger partial charge on any atom is -0.494 e. The van der Waals surface area contributed by atoms with Gasteiger partial charge in [0.2, 0.25) is 5.91 Å². The van der Waals surface area contributed by atoms with Crippen LogP contribution in [0.4, 0.5) is 5.13 Å². The van der Waals surface area contributed by atoms with Crippen LogP contribution in [0.25, 0.3) is 10.2 Å². The maximum Gasteiger partial charge on any atom is 0.236 e. The molecule has 19 heavy (non-hydrogen) atoms. The van der Waals surface area contributed by atoms with Crippen molar-refractivity contribution in [2.24, 2.45) is 0 Å². The summed E-state index contributed by atoms with van der Waals surface area (Å²) < 4.78 is 6.15. The molecule has 1 amide bonds. The molecule has 1 N–H and O–H groups in total. The SMILES string of the molecule is COc1cccc2sc(NC(=O)CSC(C)=O)nc12. The zero-order valence-electron chi connectivity index (χ0n) is 10.4. The summed E-state index contributed by atoms with van der Waals surface area (Å²) >= 11 is 2.35. The molecule has 0 radical (unpaired) electrons. The Morgan fingerprint density at radius 2 is 2.26 bits per heavy atom. The first kappa shape index (κ1) is 13.8. The summed E-state index contributed by atoms with van der Waals surface area (Å²) in [5.41, 5.74) is 0.726. The number of nitrogens with zero attached hydrogens (tertiary/aromatic N) is 1. The van der Waals surface area contributed by atoms with Gasteiger partial charge >= 0.3 is 0 Å². The van der Waals surface area contributed by atoms with E-state index in [1.165, 1.54) is 18.3 Å². The van der Waals surface area contributed by atoms with E-state index in [1.54, 1.807) is 7.11 Å². The molecule has 0 aliphatic heterocycles. The lowest BCUT2D eigenvalue weighted by molar-refractivity contribution is -0.114. The molecule has 7 heteroatoms. The van der Waals surface area contributed by atoms with Crippen LogP contribution < -0.4 is 10.1 Å². The maximum atomic E-state index is 11.6. The zero-order chi connectivity index (χ0) is 13.8. The molecule has 0 unspecified atom stereocenters. The molecule has 2 rings (SSSR count). The van der Waals surface area contributed by atoms with E-state index in [1.807, 2.05) is 18.2 Å². The van der Waals surface area contributed by atoms with Crippen molar-refractivity contribution in [3.05, 3.63) is 18.2 Å². The number of aromatic nitrogens is 1. The molecule has 0 aliphatic rings. The van der Waals surface area contributed by atoms with E-state index in [0.717, 1.165) is 22.0 Å². The highest BCUT2D eigenvalue weighted by Crippen LogP contribution is 2.32. The van der Waals surface area contributed by atoms with Gasteiger partial charge < -0.3 is 10.1 Å². The number of para-hydroxylation sites is 1. The van der Waals surface area contributed by atoms with Gasteiger partial charge in [-0.3, -0.25) is 9.59 Å². The van der Waals surface area contributed by atoms with Gasteiger partial charge in [-0.15, -0.1) is 0 Å². The van der Waals surface area contributed by atoms with Gasteiger partial charge in [0, 0.05) is 6.92 Å². The molecule has 2 aromatic rings. The summed E-state index contributed by atoms with van der Waals surface area (Å²) in [6, 6.07) is 5.60. The molecule has 0 saturated heterocycles. The summed E-state index contributed by atoms with van der Waals surface area (Å²) in [4.78, 5) is 26.7. The minimum atomic E-state index is -0.238. The number of anilines is 1. The third-order valence-corrected chi connectivity index (χ3v) is 4.00. The van der Waals surface area contributed by atoms with Gasteiger partial charge in [-0.1, -0.05) is 29.2 Å². The van der Waals surface area contributed by atoms with Gasteiger partial charge in [-0.2, -0.15) is 0 Å². The molecule has 0 spiro atoms. The zero-order valence-corrected chi connectivity index (χ0v) is 12.1. The van der Waals surface area contributed by atoms with E-state index in [4.69, 9.17) is 4.74 Å². The van der Waals surface area contributed by atoms with Crippen molar-refractivity contribution in [3.63, 3.8) is 0 Å². The molecule has 1 aromatic heterocycles. The van der Waals surface area contributed by atoms with Crippen LogP contribution in [0.3, 0.4) is 0 Å². The number of carbonyl (C=O) groups excluding carboxylic acids is 2. The number of ether oxygens (including phenoxy) is 1. The van der Waals surface area contributed by atoms with E-state index in [2.05, 4.69) is 10.3 Å². The van der Waals surface area contributed by atoms with Crippen molar-refractivity contribution in [1.82, 2.24) is 4.98 Å². The van der Waals surface area contributed by atoms with Crippen LogP contribution >= 0.6 is 23.1 Å². The molecule has 0 aliphatic carbocycles. The number of rotatable bonds is 4. The van der Waals surface area contributed by atoms with E-state index >= 15 is 0 Å². The fourth-order valence-corrected chi connectivity index (χ4v) is 2.77. The second-order valence-corrected chi connectivity index (χ2v) is 5.84. The Bertz CT molecular complexity index is 624. The molecule has 1 aromatic carbocycles. The number of thioether (sulfide) groups is 1. The standard InChI is InChI=1S/C12H12N2O3S2/c1-7(15)18-6-10(16)13-12-14-11-8(17-2)4-3-5-9(11)19-12/h3-5H,6H2,1-2H3,(H,13,14,16). The van der Waals surface area contributed by atoms with Crippen molar-refractivity contribution in [2.75, 3.05) is 18.2 Å². The van der Waals surface area contributed by atoms with Crippen molar-refractivity contribution >= 4 is 49.5 Å². The number of benzene rings is 1. The Labute approximate surface area is 118 Å². The van der Waals surface area contributed by atoms with Gasteiger partial charge in [0.1, 0.15) is 11.3 Å². The van der Waals surface area contributed by atoms with Crippen molar-refractivity contribution in [2.45, 2.75) is 6.92 Å². The third kappa shape index (κ3) is 3.45. The quantitative estimate of drug-likeness (QED) is 0.939. The lowest BCUT2D eigenvalue weighted by Crippen LogP contribution is -2.14. The van der Waals surface area contributed by atoms with Crippen LogP contribution in [0.5, 0.6) is 5.75 Å². The highest BCUT2D eigenvalue weighted by Gasteiger charge is 2.11. The van der Waals surface area contributed by atoms with E-state index in [0.29, 0.717) is 10.9 Å². The summed E-state index contributed by atoms with van der Waals surface area (Å²) in [5.74, 6) is 0.535. The Kier molecular flexibility index (Phi) is 4.39. The number of thiazole rings is 1. The van der Waals surface area contributed by atoms with Crippen LogP contribution in [0.2, 0.25) is 0 Å². The second kappa shape index (κ2) is 6.03. The Balaban J connectivity index is 2.13. The topological polar surface area (TPSA) is 68.3 Å². The van der Waals surface area contributed by atoms with Crippen molar-refractivity contribution in [3.8, 4) is 5.75 Å². The first-order chi connectivity index (χ1) is 9.10. The predicted molar refractivity (Wildman–Crippen MR) is 77.9 cm³/mol. The van der Waals surface area contributed by atoms with Crippen LogP contribution in [0.1, 0.15) is 6.92 Å². The summed E-state index contributed by atoms with van der Waals surface area (Å²) in [7, 11) is 1.58. The van der Waals surface area contributed by atoms with Crippen LogP contribution in [0, 0.1) is 0 Å². The molecule has 0 atom stereocenters. The lowest BCUT2D eigenvalue weighted by Gasteiger charge is -1.99.